The maximum atomic E-state index is 6.68. The zero-order valence-corrected chi connectivity index (χ0v) is 31.4. The highest BCUT2D eigenvalue weighted by Gasteiger charge is 2.24. The van der Waals surface area contributed by atoms with Crippen LogP contribution in [0.25, 0.3) is 104 Å². The van der Waals surface area contributed by atoms with Gasteiger partial charge in [-0.25, -0.2) is 0 Å². The Bertz CT molecular complexity index is 3870. The van der Waals surface area contributed by atoms with E-state index in [1.807, 2.05) is 24.3 Å². The first kappa shape index (κ1) is 31.4. The van der Waals surface area contributed by atoms with Crippen LogP contribution in [-0.2, 0) is 0 Å². The monoisotopic (exact) mass is 739 g/mol. The second-order valence-corrected chi connectivity index (χ2v) is 15.3. The van der Waals surface area contributed by atoms with Crippen molar-refractivity contribution in [2.45, 2.75) is 0 Å². The van der Waals surface area contributed by atoms with Gasteiger partial charge >= 0.3 is 0 Å². The molecule has 0 saturated heterocycles. The van der Waals surface area contributed by atoms with E-state index in [-0.39, 0.29) is 0 Å². The van der Waals surface area contributed by atoms with Crippen molar-refractivity contribution in [3.8, 4) is 0 Å². The zero-order valence-electron chi connectivity index (χ0n) is 31.4. The third-order valence-corrected chi connectivity index (χ3v) is 12.3. The van der Waals surface area contributed by atoms with Crippen LogP contribution >= 0.6 is 0 Å². The van der Waals surface area contributed by atoms with Gasteiger partial charge in [-0.1, -0.05) is 134 Å². The van der Waals surface area contributed by atoms with Gasteiger partial charge in [-0.3, -0.25) is 0 Å². The molecule has 0 aliphatic rings. The summed E-state index contributed by atoms with van der Waals surface area (Å²) >= 11 is 0. The first-order valence-corrected chi connectivity index (χ1v) is 19.8. The van der Waals surface area contributed by atoms with Gasteiger partial charge in [0, 0.05) is 65.2 Å². The summed E-state index contributed by atoms with van der Waals surface area (Å²) < 4.78 is 11.6. The fourth-order valence-electron chi connectivity index (χ4n) is 9.93. The molecule has 0 fully saturated rings. The van der Waals surface area contributed by atoms with Crippen molar-refractivity contribution in [3.63, 3.8) is 0 Å². The van der Waals surface area contributed by atoms with Crippen LogP contribution in [0.15, 0.2) is 199 Å². The summed E-state index contributed by atoms with van der Waals surface area (Å²) in [4.78, 5) is 2.31. The van der Waals surface area contributed by atoms with Crippen LogP contribution in [0.4, 0.5) is 11.4 Å². The molecule has 0 atom stereocenters. The zero-order chi connectivity index (χ0) is 38.1. The van der Waals surface area contributed by atoms with E-state index in [9.17, 15) is 0 Å². The second kappa shape index (κ2) is 11.6. The van der Waals surface area contributed by atoms with Crippen molar-refractivity contribution in [2.24, 2.45) is 0 Å². The quantitative estimate of drug-likeness (QED) is 0.159. The molecule has 0 aliphatic heterocycles. The minimum Gasteiger partial charge on any atom is -0.454 e. The van der Waals surface area contributed by atoms with E-state index in [1.165, 1.54) is 76.2 Å². The van der Waals surface area contributed by atoms with Crippen LogP contribution < -0.4 is 4.90 Å². The van der Waals surface area contributed by atoms with Gasteiger partial charge in [0.05, 0.1) is 38.8 Å². The lowest BCUT2D eigenvalue weighted by Gasteiger charge is -2.26. The minimum absolute atomic E-state index is 0.841. The van der Waals surface area contributed by atoms with Crippen LogP contribution in [-0.4, -0.2) is 8.80 Å². The summed E-state index contributed by atoms with van der Waals surface area (Å²) in [6, 6.07) is 59.2. The van der Waals surface area contributed by atoms with E-state index >= 15 is 0 Å². The highest BCUT2D eigenvalue weighted by atomic mass is 16.3. The van der Waals surface area contributed by atoms with Gasteiger partial charge in [-0.2, -0.15) is 0 Å². The Morgan fingerprint density at radius 1 is 0.483 bits per heavy atom. The summed E-state index contributed by atoms with van der Waals surface area (Å²) in [6.45, 7) is 4.15. The van der Waals surface area contributed by atoms with Crippen molar-refractivity contribution < 1.29 is 4.42 Å². The minimum atomic E-state index is 0.841. The number of benzene rings is 8. The third kappa shape index (κ3) is 4.13. The van der Waals surface area contributed by atoms with Crippen LogP contribution in [0.1, 0.15) is 5.56 Å². The molecule has 0 bridgehead atoms. The molecule has 5 aromatic heterocycles. The Morgan fingerprint density at radius 3 is 1.78 bits per heavy atom. The molecule has 0 spiro atoms. The van der Waals surface area contributed by atoms with Crippen molar-refractivity contribution in [1.29, 1.82) is 0 Å². The number of furan rings is 1. The predicted molar refractivity (Wildman–Crippen MR) is 245 cm³/mol. The maximum Gasteiger partial charge on any atom is 0.159 e. The van der Waals surface area contributed by atoms with Crippen molar-refractivity contribution in [3.05, 3.63) is 200 Å². The van der Waals surface area contributed by atoms with Gasteiger partial charge in [0.15, 0.2) is 5.58 Å². The fraction of sp³-hybridized carbons (Fsp3) is 0. The van der Waals surface area contributed by atoms with Gasteiger partial charge in [0.1, 0.15) is 5.58 Å². The summed E-state index contributed by atoms with van der Waals surface area (Å²) in [7, 11) is 0. The smallest absolute Gasteiger partial charge is 0.159 e. The molecule has 4 heteroatoms. The number of aromatic nitrogens is 2. The van der Waals surface area contributed by atoms with Crippen LogP contribution in [0, 0.1) is 0 Å². The molecule has 58 heavy (non-hydrogen) atoms. The molecular weight excluding hydrogens is 707 g/mol. The highest BCUT2D eigenvalue weighted by molar-refractivity contribution is 6.29. The molecule has 0 radical (unpaired) electrons. The molecule has 13 aromatic rings. The van der Waals surface area contributed by atoms with Crippen molar-refractivity contribution in [2.75, 3.05) is 4.90 Å². The number of rotatable bonds is 6. The van der Waals surface area contributed by atoms with Crippen LogP contribution in [0.5, 0.6) is 0 Å². The summed E-state index contributed by atoms with van der Waals surface area (Å²) in [5.74, 6) is 0. The number of para-hydroxylation sites is 5. The molecular formula is C54H33N3O. The normalized spacial score (nSPS) is 12.9. The molecule has 270 valence electrons. The molecule has 0 saturated carbocycles. The van der Waals surface area contributed by atoms with E-state index in [0.717, 1.165) is 44.6 Å². The van der Waals surface area contributed by atoms with Crippen molar-refractivity contribution in [1.82, 2.24) is 8.80 Å². The number of allylic oxidation sites excluding steroid dienone is 3. The lowest BCUT2D eigenvalue weighted by atomic mass is 10.0. The first-order valence-electron chi connectivity index (χ1n) is 19.8. The Hall–Kier alpha value is -7.82. The molecule has 13 rings (SSSR count). The lowest BCUT2D eigenvalue weighted by Crippen LogP contribution is -2.15. The molecule has 8 aromatic carbocycles. The number of fused-ring (bicyclic) bond motifs is 15. The summed E-state index contributed by atoms with van der Waals surface area (Å²) in [5.41, 5.74) is 13.2. The Kier molecular flexibility index (Phi) is 6.28. The average Bonchev–Trinajstić information content (AvgIpc) is 4.07. The maximum absolute atomic E-state index is 6.68. The topological polar surface area (TPSA) is 25.2 Å². The molecule has 0 aliphatic carbocycles. The fourth-order valence-corrected chi connectivity index (χ4v) is 9.93. The van der Waals surface area contributed by atoms with Gasteiger partial charge in [-0.15, -0.1) is 0 Å². The van der Waals surface area contributed by atoms with Gasteiger partial charge in [0.2, 0.25) is 0 Å². The van der Waals surface area contributed by atoms with E-state index in [4.69, 9.17) is 4.42 Å². The van der Waals surface area contributed by atoms with Crippen LogP contribution in [0.2, 0.25) is 0 Å². The van der Waals surface area contributed by atoms with E-state index < -0.39 is 0 Å². The molecule has 0 unspecified atom stereocenters. The molecule has 0 amide bonds. The Morgan fingerprint density at radius 2 is 1.05 bits per heavy atom. The SMILES string of the molecule is C=C/C=C(\C=C\c1ccccc1)N(c1ccc2c(c1)c1cccc3c4cc5c(cc4n2c13)c1cccc2c3ccccc3n5c21)c1cccc2c1oc1ccccc12. The summed E-state index contributed by atoms with van der Waals surface area (Å²) in [6.07, 6.45) is 8.27. The largest absolute Gasteiger partial charge is 0.454 e. The Balaban J connectivity index is 1.08. The van der Waals surface area contributed by atoms with Gasteiger partial charge < -0.3 is 18.1 Å². The number of anilines is 2. The van der Waals surface area contributed by atoms with E-state index in [2.05, 4.69) is 184 Å². The number of nitrogens with zero attached hydrogens (tertiary/aromatic N) is 3. The second-order valence-electron chi connectivity index (χ2n) is 15.3. The average molecular weight is 740 g/mol. The molecule has 4 nitrogen and oxygen atoms in total. The third-order valence-electron chi connectivity index (χ3n) is 12.3. The van der Waals surface area contributed by atoms with E-state index in [0.29, 0.717) is 0 Å². The summed E-state index contributed by atoms with van der Waals surface area (Å²) in [5, 5.41) is 12.3. The standard InChI is InChI=1S/C54H33N3O/c1-2-13-34(27-26-33-14-4-3-5-15-33)55(48-24-12-22-42-37-17-7-9-25-51(37)58-54(42)48)35-28-29-47-43(30-35)39-19-11-21-41-45-31-49-44(32-50(45)57(47)53(39)41)40-20-10-18-38-36-16-6-8-23-46(36)56(49)52(38)40/h2-32H,1H2/b27-26+,34-13+. The van der Waals surface area contributed by atoms with E-state index in [1.54, 1.807) is 0 Å². The first-order chi connectivity index (χ1) is 28.7. The van der Waals surface area contributed by atoms with Gasteiger partial charge in [0.25, 0.3) is 0 Å². The molecule has 0 N–H and O–H groups in total. The van der Waals surface area contributed by atoms with Crippen molar-refractivity contribution >= 4 is 116 Å². The Labute approximate surface area is 332 Å². The number of hydrogen-bond acceptors (Lipinski definition) is 2. The highest BCUT2D eigenvalue weighted by Crippen LogP contribution is 2.46. The van der Waals surface area contributed by atoms with Gasteiger partial charge in [-0.05, 0) is 66.2 Å². The number of hydrogen-bond donors (Lipinski definition) is 0. The lowest BCUT2D eigenvalue weighted by molar-refractivity contribution is 0.669. The van der Waals surface area contributed by atoms with Crippen LogP contribution in [0.3, 0.4) is 0 Å². The molecule has 5 heterocycles. The predicted octanol–water partition coefficient (Wildman–Crippen LogP) is 14.8.